The number of halogens is 1. The Morgan fingerprint density at radius 3 is 2.61 bits per heavy atom. The molecule has 2 atom stereocenters. The Labute approximate surface area is 106 Å². The lowest BCUT2D eigenvalue weighted by molar-refractivity contribution is 0.135. The van der Waals surface area contributed by atoms with Crippen LogP contribution >= 0.6 is 0 Å². The van der Waals surface area contributed by atoms with E-state index in [-0.39, 0.29) is 5.82 Å². The maximum absolute atomic E-state index is 13.3. The Bertz CT molecular complexity index is 494. The highest BCUT2D eigenvalue weighted by molar-refractivity contribution is 5.33. The van der Waals surface area contributed by atoms with Gasteiger partial charge in [0.25, 0.3) is 0 Å². The molecule has 0 saturated carbocycles. The van der Waals surface area contributed by atoms with Gasteiger partial charge in [0.05, 0.1) is 17.7 Å². The van der Waals surface area contributed by atoms with E-state index in [4.69, 9.17) is 0 Å². The van der Waals surface area contributed by atoms with E-state index in [1.54, 1.807) is 6.20 Å². The van der Waals surface area contributed by atoms with Gasteiger partial charge in [-0.1, -0.05) is 0 Å². The van der Waals surface area contributed by atoms with E-state index in [2.05, 4.69) is 23.0 Å². The fourth-order valence-electron chi connectivity index (χ4n) is 3.54. The van der Waals surface area contributed by atoms with Crippen LogP contribution < -0.4 is 0 Å². The zero-order chi connectivity index (χ0) is 12.8. The molecule has 94 valence electrons. The van der Waals surface area contributed by atoms with Gasteiger partial charge in [0.1, 0.15) is 5.82 Å². The summed E-state index contributed by atoms with van der Waals surface area (Å²) in [6, 6.07) is 4.82. The van der Waals surface area contributed by atoms with Gasteiger partial charge in [-0.2, -0.15) is 5.26 Å². The normalized spacial score (nSPS) is 35.4. The van der Waals surface area contributed by atoms with Gasteiger partial charge >= 0.3 is 0 Å². The number of fused-ring (bicyclic) bond motifs is 2. The van der Waals surface area contributed by atoms with Gasteiger partial charge in [-0.25, -0.2) is 4.39 Å². The van der Waals surface area contributed by atoms with Crippen LogP contribution in [0.3, 0.4) is 0 Å². The first kappa shape index (κ1) is 11.6. The molecule has 0 N–H and O–H groups in total. The summed E-state index contributed by atoms with van der Waals surface area (Å²) in [5.41, 5.74) is 0.197. The summed E-state index contributed by atoms with van der Waals surface area (Å²) in [5.74, 6) is -0.353. The Morgan fingerprint density at radius 2 is 2.06 bits per heavy atom. The van der Waals surface area contributed by atoms with Gasteiger partial charge in [-0.05, 0) is 44.4 Å². The second kappa shape index (κ2) is 4.03. The first-order valence-electron chi connectivity index (χ1n) is 6.39. The monoisotopic (exact) mass is 245 g/mol. The molecule has 0 aliphatic carbocycles. The minimum absolute atomic E-state index is 0.353. The fourth-order valence-corrected chi connectivity index (χ4v) is 3.54. The first-order chi connectivity index (χ1) is 8.64. The molecule has 0 radical (unpaired) electrons. The summed E-state index contributed by atoms with van der Waals surface area (Å²) in [6.45, 7) is 0. The SMILES string of the molecule is CN1C2CCC1CC(C#N)(c1cncc(F)c1)C2. The number of aromatic nitrogens is 1. The highest BCUT2D eigenvalue weighted by Crippen LogP contribution is 2.46. The van der Waals surface area contributed by atoms with E-state index in [9.17, 15) is 9.65 Å². The number of nitriles is 1. The summed E-state index contributed by atoms with van der Waals surface area (Å²) in [6.07, 6.45) is 6.72. The van der Waals surface area contributed by atoms with Crippen LogP contribution in [-0.2, 0) is 5.41 Å². The molecule has 1 aromatic heterocycles. The van der Waals surface area contributed by atoms with Gasteiger partial charge in [-0.3, -0.25) is 4.98 Å². The number of rotatable bonds is 1. The average molecular weight is 245 g/mol. The van der Waals surface area contributed by atoms with E-state index in [1.165, 1.54) is 12.3 Å². The van der Waals surface area contributed by atoms with Crippen LogP contribution in [0.1, 0.15) is 31.2 Å². The average Bonchev–Trinajstić information content (AvgIpc) is 2.62. The Kier molecular flexibility index (Phi) is 2.60. The summed E-state index contributed by atoms with van der Waals surface area (Å²) >= 11 is 0. The van der Waals surface area contributed by atoms with Crippen LogP contribution in [0.15, 0.2) is 18.5 Å². The van der Waals surface area contributed by atoms with Crippen molar-refractivity contribution in [2.75, 3.05) is 7.05 Å². The molecule has 3 rings (SSSR count). The molecule has 0 spiro atoms. The first-order valence-corrected chi connectivity index (χ1v) is 6.39. The second-order valence-electron chi connectivity index (χ2n) is 5.54. The Hall–Kier alpha value is -1.47. The zero-order valence-corrected chi connectivity index (χ0v) is 10.4. The van der Waals surface area contributed by atoms with Crippen LogP contribution in [0.2, 0.25) is 0 Å². The van der Waals surface area contributed by atoms with Crippen LogP contribution in [0.25, 0.3) is 0 Å². The molecule has 0 amide bonds. The van der Waals surface area contributed by atoms with Crippen LogP contribution in [0.4, 0.5) is 4.39 Å². The van der Waals surface area contributed by atoms with Gasteiger partial charge in [0, 0.05) is 18.3 Å². The van der Waals surface area contributed by atoms with Crippen molar-refractivity contribution < 1.29 is 4.39 Å². The van der Waals surface area contributed by atoms with Crippen LogP contribution in [0, 0.1) is 17.1 Å². The molecule has 2 fully saturated rings. The van der Waals surface area contributed by atoms with E-state index in [1.807, 2.05) is 0 Å². The van der Waals surface area contributed by atoms with Crippen LogP contribution in [-0.4, -0.2) is 29.0 Å². The third-order valence-corrected chi connectivity index (χ3v) is 4.62. The predicted molar refractivity (Wildman–Crippen MR) is 65.3 cm³/mol. The van der Waals surface area contributed by atoms with Gasteiger partial charge in [-0.15, -0.1) is 0 Å². The van der Waals surface area contributed by atoms with Gasteiger partial charge in [0.15, 0.2) is 0 Å². The maximum Gasteiger partial charge on any atom is 0.141 e. The van der Waals surface area contributed by atoms with Gasteiger partial charge in [0.2, 0.25) is 0 Å². The molecule has 1 aromatic rings. The standard InChI is InChI=1S/C14H16FN3/c1-18-12-2-3-13(18)6-14(5-12,9-16)10-4-11(15)8-17-7-10/h4,7-8,12-13H,2-3,5-6H2,1H3. The van der Waals surface area contributed by atoms with E-state index < -0.39 is 5.41 Å². The summed E-state index contributed by atoms with van der Waals surface area (Å²) in [5, 5.41) is 9.62. The van der Waals surface area contributed by atoms with E-state index in [0.29, 0.717) is 12.1 Å². The number of nitrogens with zero attached hydrogens (tertiary/aromatic N) is 3. The molecule has 3 nitrogen and oxygen atoms in total. The lowest BCUT2D eigenvalue weighted by Crippen LogP contribution is -2.47. The lowest BCUT2D eigenvalue weighted by atomic mass is 9.71. The summed E-state index contributed by atoms with van der Waals surface area (Å²) in [4.78, 5) is 6.28. The van der Waals surface area contributed by atoms with Crippen molar-refractivity contribution in [3.63, 3.8) is 0 Å². The van der Waals surface area contributed by atoms with E-state index in [0.717, 1.165) is 31.2 Å². The molecular formula is C14H16FN3. The second-order valence-corrected chi connectivity index (χ2v) is 5.54. The molecule has 2 aliphatic heterocycles. The number of piperidine rings is 1. The molecule has 2 saturated heterocycles. The number of hydrogen-bond donors (Lipinski definition) is 0. The quantitative estimate of drug-likeness (QED) is 0.761. The third kappa shape index (κ3) is 1.62. The van der Waals surface area contributed by atoms with Gasteiger partial charge < -0.3 is 4.90 Å². The summed E-state index contributed by atoms with van der Waals surface area (Å²) < 4.78 is 13.3. The van der Waals surface area contributed by atoms with Crippen molar-refractivity contribution in [3.8, 4) is 6.07 Å². The Morgan fingerprint density at radius 1 is 1.39 bits per heavy atom. The molecule has 2 aliphatic rings. The van der Waals surface area contributed by atoms with E-state index >= 15 is 0 Å². The third-order valence-electron chi connectivity index (χ3n) is 4.62. The molecular weight excluding hydrogens is 229 g/mol. The van der Waals surface area contributed by atoms with Crippen molar-refractivity contribution in [2.45, 2.75) is 43.2 Å². The van der Waals surface area contributed by atoms with Crippen molar-refractivity contribution in [1.82, 2.24) is 9.88 Å². The molecule has 4 heteroatoms. The van der Waals surface area contributed by atoms with Crippen molar-refractivity contribution in [3.05, 3.63) is 29.8 Å². The minimum atomic E-state index is -0.548. The molecule has 2 bridgehead atoms. The molecule has 3 heterocycles. The maximum atomic E-state index is 13.3. The molecule has 2 unspecified atom stereocenters. The zero-order valence-electron chi connectivity index (χ0n) is 10.4. The fraction of sp³-hybridized carbons (Fsp3) is 0.571. The predicted octanol–water partition coefficient (Wildman–Crippen LogP) is 2.24. The molecule has 18 heavy (non-hydrogen) atoms. The smallest absolute Gasteiger partial charge is 0.141 e. The van der Waals surface area contributed by atoms with Crippen molar-refractivity contribution in [1.29, 1.82) is 5.26 Å². The largest absolute Gasteiger partial charge is 0.300 e. The van der Waals surface area contributed by atoms with Crippen molar-refractivity contribution in [2.24, 2.45) is 0 Å². The van der Waals surface area contributed by atoms with Crippen molar-refractivity contribution >= 4 is 0 Å². The number of pyridine rings is 1. The lowest BCUT2D eigenvalue weighted by Gasteiger charge is -2.41. The molecule has 0 aromatic carbocycles. The minimum Gasteiger partial charge on any atom is -0.300 e. The van der Waals surface area contributed by atoms with Crippen LogP contribution in [0.5, 0.6) is 0 Å². The highest BCUT2D eigenvalue weighted by atomic mass is 19.1. The topological polar surface area (TPSA) is 39.9 Å². The highest BCUT2D eigenvalue weighted by Gasteiger charge is 2.48. The Balaban J connectivity index is 2.00. The number of hydrogen-bond acceptors (Lipinski definition) is 3. The summed E-state index contributed by atoms with van der Waals surface area (Å²) in [7, 11) is 2.13.